The highest BCUT2D eigenvalue weighted by atomic mass is 32.1. The molecule has 37 heavy (non-hydrogen) atoms. The fourth-order valence-corrected chi connectivity index (χ4v) is 5.14. The number of nitrogens with zero attached hydrogens (tertiary/aromatic N) is 2. The molecule has 8 heteroatoms. The third kappa shape index (κ3) is 5.59. The fraction of sp³-hybridized carbons (Fsp3) is 0.276. The zero-order valence-electron chi connectivity index (χ0n) is 21.6. The summed E-state index contributed by atoms with van der Waals surface area (Å²) in [5.41, 5.74) is 2.32. The van der Waals surface area contributed by atoms with Gasteiger partial charge in [0.15, 0.2) is 16.3 Å². The number of methoxy groups -OCH3 is 1. The molecule has 1 aliphatic rings. The number of benzene rings is 2. The van der Waals surface area contributed by atoms with Crippen LogP contribution in [-0.4, -0.2) is 30.4 Å². The lowest BCUT2D eigenvalue weighted by Crippen LogP contribution is -2.39. The smallest absolute Gasteiger partial charge is 0.338 e. The second kappa shape index (κ2) is 11.4. The summed E-state index contributed by atoms with van der Waals surface area (Å²) in [5, 5.41) is 0. The number of fused-ring (bicyclic) bond motifs is 1. The number of esters is 1. The van der Waals surface area contributed by atoms with Gasteiger partial charge >= 0.3 is 5.97 Å². The van der Waals surface area contributed by atoms with Crippen molar-refractivity contribution in [2.45, 2.75) is 39.8 Å². The number of aromatic nitrogens is 1. The summed E-state index contributed by atoms with van der Waals surface area (Å²) in [6.45, 7) is 7.59. The maximum Gasteiger partial charge on any atom is 0.338 e. The molecule has 0 aliphatic carbocycles. The van der Waals surface area contributed by atoms with Gasteiger partial charge in [0, 0.05) is 0 Å². The number of rotatable bonds is 8. The Hall–Kier alpha value is -3.91. The van der Waals surface area contributed by atoms with Gasteiger partial charge in [-0.1, -0.05) is 59.9 Å². The SMILES string of the molecule is CCOC(=O)C1=C(C)N=c2sc(=CC=Cc3ccccc3)c(=O)n2C1c1ccc(OC(C)C)c(OC)c1. The van der Waals surface area contributed by atoms with Crippen molar-refractivity contribution in [2.75, 3.05) is 13.7 Å². The van der Waals surface area contributed by atoms with Crippen LogP contribution in [-0.2, 0) is 9.53 Å². The molecule has 1 aromatic heterocycles. The number of allylic oxidation sites excluding steroid dienone is 2. The van der Waals surface area contributed by atoms with Crippen molar-refractivity contribution in [3.05, 3.63) is 96.7 Å². The molecule has 0 saturated heterocycles. The first kappa shape index (κ1) is 26.2. The van der Waals surface area contributed by atoms with Crippen molar-refractivity contribution in [2.24, 2.45) is 4.99 Å². The minimum Gasteiger partial charge on any atom is -0.493 e. The minimum absolute atomic E-state index is 0.0430. The molecule has 2 aromatic carbocycles. The molecule has 2 heterocycles. The molecule has 0 fully saturated rings. The quantitative estimate of drug-likeness (QED) is 0.417. The molecular formula is C29H30N2O5S. The van der Waals surface area contributed by atoms with E-state index < -0.39 is 12.0 Å². The molecule has 0 N–H and O–H groups in total. The van der Waals surface area contributed by atoms with Crippen molar-refractivity contribution < 1.29 is 19.0 Å². The molecule has 0 radical (unpaired) electrons. The first-order valence-electron chi connectivity index (χ1n) is 12.1. The Bertz CT molecular complexity index is 1530. The molecule has 192 valence electrons. The first-order chi connectivity index (χ1) is 17.8. The summed E-state index contributed by atoms with van der Waals surface area (Å²) in [4.78, 5) is 31.9. The Labute approximate surface area is 219 Å². The first-order valence-corrected chi connectivity index (χ1v) is 12.9. The number of carbonyl (C=O) groups is 1. The van der Waals surface area contributed by atoms with E-state index in [0.29, 0.717) is 37.7 Å². The van der Waals surface area contributed by atoms with Crippen molar-refractivity contribution in [3.63, 3.8) is 0 Å². The molecule has 3 aromatic rings. The van der Waals surface area contributed by atoms with Crippen molar-refractivity contribution in [1.29, 1.82) is 0 Å². The predicted molar refractivity (Wildman–Crippen MR) is 146 cm³/mol. The van der Waals surface area contributed by atoms with E-state index in [1.807, 2.05) is 62.4 Å². The molecule has 1 aliphatic heterocycles. The lowest BCUT2D eigenvalue weighted by Gasteiger charge is -2.25. The lowest BCUT2D eigenvalue weighted by molar-refractivity contribution is -0.139. The van der Waals surface area contributed by atoms with E-state index in [-0.39, 0.29) is 18.3 Å². The molecule has 4 rings (SSSR count). The van der Waals surface area contributed by atoms with E-state index in [2.05, 4.69) is 4.99 Å². The number of hydrogen-bond acceptors (Lipinski definition) is 7. The monoisotopic (exact) mass is 518 g/mol. The second-order valence-corrected chi connectivity index (χ2v) is 9.68. The summed E-state index contributed by atoms with van der Waals surface area (Å²) in [5.74, 6) is 0.587. The van der Waals surface area contributed by atoms with Crippen LogP contribution in [0.3, 0.4) is 0 Å². The van der Waals surface area contributed by atoms with Crippen LogP contribution in [0.5, 0.6) is 11.5 Å². The van der Waals surface area contributed by atoms with Crippen LogP contribution in [0.4, 0.5) is 0 Å². The molecule has 1 atom stereocenters. The lowest BCUT2D eigenvalue weighted by atomic mass is 9.95. The van der Waals surface area contributed by atoms with E-state index in [4.69, 9.17) is 14.2 Å². The zero-order valence-corrected chi connectivity index (χ0v) is 22.4. The highest BCUT2D eigenvalue weighted by Crippen LogP contribution is 2.36. The standard InChI is InChI=1S/C29H30N2O5S/c1-6-35-28(33)25-19(4)30-29-31(26(25)21-15-16-22(36-18(2)3)23(17-21)34-5)27(32)24(37-29)14-10-13-20-11-8-7-9-12-20/h7-18,26H,6H2,1-5H3. The van der Waals surface area contributed by atoms with Gasteiger partial charge in [0.25, 0.3) is 5.56 Å². The molecule has 7 nitrogen and oxygen atoms in total. The number of hydrogen-bond donors (Lipinski definition) is 0. The Kier molecular flexibility index (Phi) is 8.08. The topological polar surface area (TPSA) is 79.1 Å². The van der Waals surface area contributed by atoms with Gasteiger partial charge in [0.2, 0.25) is 0 Å². The van der Waals surface area contributed by atoms with Gasteiger partial charge in [-0.05, 0) is 57.0 Å². The van der Waals surface area contributed by atoms with Crippen LogP contribution in [0.15, 0.2) is 75.7 Å². The normalized spacial score (nSPS) is 15.6. The van der Waals surface area contributed by atoms with E-state index in [1.165, 1.54) is 11.3 Å². The van der Waals surface area contributed by atoms with Crippen molar-refractivity contribution >= 4 is 29.5 Å². The van der Waals surface area contributed by atoms with Crippen LogP contribution in [0.2, 0.25) is 0 Å². The maximum atomic E-state index is 13.7. The summed E-state index contributed by atoms with van der Waals surface area (Å²) in [6, 6.07) is 14.6. The maximum absolute atomic E-state index is 13.7. The van der Waals surface area contributed by atoms with Crippen LogP contribution in [0, 0.1) is 0 Å². The molecule has 1 unspecified atom stereocenters. The zero-order chi connectivity index (χ0) is 26.5. The third-order valence-electron chi connectivity index (χ3n) is 5.72. The van der Waals surface area contributed by atoms with E-state index >= 15 is 0 Å². The second-order valence-electron chi connectivity index (χ2n) is 8.67. The van der Waals surface area contributed by atoms with Gasteiger partial charge in [0.1, 0.15) is 0 Å². The Balaban J connectivity index is 1.87. The van der Waals surface area contributed by atoms with Crippen LogP contribution >= 0.6 is 11.3 Å². The highest BCUT2D eigenvalue weighted by Gasteiger charge is 2.33. The predicted octanol–water partition coefficient (Wildman–Crippen LogP) is 4.26. The Morgan fingerprint density at radius 2 is 1.92 bits per heavy atom. The van der Waals surface area contributed by atoms with Gasteiger partial charge in [-0.2, -0.15) is 0 Å². The van der Waals surface area contributed by atoms with Gasteiger partial charge < -0.3 is 14.2 Å². The molecule has 0 saturated carbocycles. The van der Waals surface area contributed by atoms with Gasteiger partial charge in [-0.25, -0.2) is 9.79 Å². The summed E-state index contributed by atoms with van der Waals surface area (Å²) >= 11 is 1.28. The highest BCUT2D eigenvalue weighted by molar-refractivity contribution is 7.07. The van der Waals surface area contributed by atoms with Gasteiger partial charge in [-0.3, -0.25) is 9.36 Å². The van der Waals surface area contributed by atoms with Crippen LogP contribution in [0.25, 0.3) is 12.2 Å². The summed E-state index contributed by atoms with van der Waals surface area (Å²) in [7, 11) is 1.56. The molecule has 0 amide bonds. The van der Waals surface area contributed by atoms with Crippen molar-refractivity contribution in [3.8, 4) is 11.5 Å². The van der Waals surface area contributed by atoms with Crippen LogP contribution in [0.1, 0.15) is 44.9 Å². The number of thiazole rings is 1. The molecular weight excluding hydrogens is 488 g/mol. The average molecular weight is 519 g/mol. The Morgan fingerprint density at radius 1 is 1.16 bits per heavy atom. The van der Waals surface area contributed by atoms with Crippen molar-refractivity contribution in [1.82, 2.24) is 4.57 Å². The van der Waals surface area contributed by atoms with E-state index in [0.717, 1.165) is 5.56 Å². The van der Waals surface area contributed by atoms with E-state index in [1.54, 1.807) is 43.7 Å². The minimum atomic E-state index is -0.724. The molecule has 0 bridgehead atoms. The number of carbonyl (C=O) groups excluding carboxylic acids is 1. The summed E-state index contributed by atoms with van der Waals surface area (Å²) < 4.78 is 18.9. The Morgan fingerprint density at radius 3 is 2.59 bits per heavy atom. The number of ether oxygens (including phenoxy) is 3. The molecule has 0 spiro atoms. The average Bonchev–Trinajstić information content (AvgIpc) is 3.18. The van der Waals surface area contributed by atoms with Gasteiger partial charge in [-0.15, -0.1) is 0 Å². The van der Waals surface area contributed by atoms with Crippen LogP contribution < -0.4 is 24.4 Å². The largest absolute Gasteiger partial charge is 0.493 e. The third-order valence-corrected chi connectivity index (χ3v) is 6.72. The van der Waals surface area contributed by atoms with Gasteiger partial charge in [0.05, 0.1) is 41.7 Å². The van der Waals surface area contributed by atoms with E-state index in [9.17, 15) is 9.59 Å². The summed E-state index contributed by atoms with van der Waals surface area (Å²) in [6.07, 6.45) is 5.51. The fourth-order valence-electron chi connectivity index (χ4n) is 4.14.